The zero-order valence-electron chi connectivity index (χ0n) is 17.3. The highest BCUT2D eigenvalue weighted by Gasteiger charge is 2.33. The molecule has 0 aliphatic carbocycles. The van der Waals surface area contributed by atoms with Gasteiger partial charge in [0.1, 0.15) is 21.2 Å². The van der Waals surface area contributed by atoms with E-state index in [0.717, 1.165) is 10.8 Å². The molecule has 1 N–H and O–H groups in total. The zero-order chi connectivity index (χ0) is 23.8. The van der Waals surface area contributed by atoms with Crippen molar-refractivity contribution < 1.29 is 35.5 Å². The van der Waals surface area contributed by atoms with Crippen LogP contribution < -0.4 is 15.2 Å². The predicted molar refractivity (Wildman–Crippen MR) is 110 cm³/mol. The van der Waals surface area contributed by atoms with E-state index in [1.54, 1.807) is 6.92 Å². The number of ether oxygens (including phenoxy) is 2. The number of halogens is 4. The maximum atomic E-state index is 14.8. The van der Waals surface area contributed by atoms with Gasteiger partial charge in [-0.2, -0.15) is 13.2 Å². The molecule has 32 heavy (non-hydrogen) atoms. The van der Waals surface area contributed by atoms with Crippen LogP contribution in [0.5, 0.6) is 11.5 Å². The molecule has 174 valence electrons. The Morgan fingerprint density at radius 3 is 2.41 bits per heavy atom. The third kappa shape index (κ3) is 4.74. The number of methoxy groups -OCH3 is 1. The zero-order valence-corrected chi connectivity index (χ0v) is 18.1. The Morgan fingerprint density at radius 2 is 1.84 bits per heavy atom. The molecule has 0 unspecified atom stereocenters. The molecule has 2 aromatic carbocycles. The highest BCUT2D eigenvalue weighted by Crippen LogP contribution is 2.35. The smallest absolute Gasteiger partial charge is 0.416 e. The number of nitrogens with one attached hydrogen (secondary N) is 1. The molecule has 0 bridgehead atoms. The van der Waals surface area contributed by atoms with Crippen molar-refractivity contribution in [3.63, 3.8) is 0 Å². The lowest BCUT2D eigenvalue weighted by Crippen LogP contribution is -2.28. The summed E-state index contributed by atoms with van der Waals surface area (Å²) in [5.41, 5.74) is -2.84. The van der Waals surface area contributed by atoms with E-state index in [0.29, 0.717) is 11.8 Å². The molecular formula is C20H20F4N2O5S. The van der Waals surface area contributed by atoms with Crippen LogP contribution in [-0.4, -0.2) is 43.7 Å². The summed E-state index contributed by atoms with van der Waals surface area (Å²) in [4.78, 5) is 14.9. The van der Waals surface area contributed by atoms with Crippen LogP contribution >= 0.6 is 0 Å². The van der Waals surface area contributed by atoms with Crippen molar-refractivity contribution >= 4 is 20.9 Å². The Bertz CT molecular complexity index is 1310. The minimum absolute atomic E-state index is 0.262. The number of H-pyrrole nitrogens is 1. The number of hydrogen-bond donors (Lipinski definition) is 1. The Balaban J connectivity index is 2.29. The van der Waals surface area contributed by atoms with Crippen molar-refractivity contribution in [2.45, 2.75) is 19.1 Å². The quantitative estimate of drug-likeness (QED) is 0.527. The first-order valence-corrected chi connectivity index (χ1v) is 11.4. The Morgan fingerprint density at radius 1 is 1.16 bits per heavy atom. The van der Waals surface area contributed by atoms with Gasteiger partial charge in [0.2, 0.25) is 0 Å². The van der Waals surface area contributed by atoms with Gasteiger partial charge in [-0.05, 0) is 36.8 Å². The number of hydrogen-bond acceptors (Lipinski definition) is 5. The van der Waals surface area contributed by atoms with Crippen LogP contribution in [0, 0.1) is 5.82 Å². The van der Waals surface area contributed by atoms with Gasteiger partial charge < -0.3 is 14.5 Å². The number of aromatic nitrogens is 2. The van der Waals surface area contributed by atoms with E-state index in [-0.39, 0.29) is 24.0 Å². The largest absolute Gasteiger partial charge is 0.493 e. The summed E-state index contributed by atoms with van der Waals surface area (Å²) in [6.45, 7) is 1.98. The van der Waals surface area contributed by atoms with Crippen molar-refractivity contribution in [3.8, 4) is 11.5 Å². The second kappa shape index (κ2) is 8.49. The molecule has 1 atom stereocenters. The summed E-state index contributed by atoms with van der Waals surface area (Å²) < 4.78 is 89.8. The van der Waals surface area contributed by atoms with Gasteiger partial charge in [0, 0.05) is 6.26 Å². The third-order valence-electron chi connectivity index (χ3n) is 4.74. The van der Waals surface area contributed by atoms with E-state index in [1.807, 2.05) is 0 Å². The van der Waals surface area contributed by atoms with Crippen molar-refractivity contribution in [2.75, 3.05) is 25.7 Å². The van der Waals surface area contributed by atoms with Crippen LogP contribution in [0.2, 0.25) is 0 Å². The van der Waals surface area contributed by atoms with Crippen LogP contribution in [-0.2, 0) is 16.0 Å². The SMILES string of the molecule is CCOc1cc([C@H](CS(C)(=O)=O)n2c(=O)[nH]c3cc(C(F)(F)F)cc(F)c32)ccc1OC. The number of nitrogens with zero attached hydrogens (tertiary/aromatic N) is 1. The van der Waals surface area contributed by atoms with Gasteiger partial charge in [0.15, 0.2) is 11.5 Å². The van der Waals surface area contributed by atoms with E-state index in [9.17, 15) is 30.8 Å². The second-order valence-electron chi connectivity index (χ2n) is 7.10. The molecule has 0 spiro atoms. The summed E-state index contributed by atoms with van der Waals surface area (Å²) in [5.74, 6) is -1.32. The number of aromatic amines is 1. The molecule has 0 radical (unpaired) electrons. The van der Waals surface area contributed by atoms with Gasteiger partial charge in [0.05, 0.1) is 36.6 Å². The molecule has 0 saturated heterocycles. The lowest BCUT2D eigenvalue weighted by Gasteiger charge is -2.20. The number of alkyl halides is 3. The average molecular weight is 476 g/mol. The lowest BCUT2D eigenvalue weighted by atomic mass is 10.1. The first-order chi connectivity index (χ1) is 14.9. The van der Waals surface area contributed by atoms with Gasteiger partial charge in [-0.25, -0.2) is 17.6 Å². The second-order valence-corrected chi connectivity index (χ2v) is 9.29. The molecule has 1 aromatic heterocycles. The summed E-state index contributed by atoms with van der Waals surface area (Å²) in [7, 11) is -2.31. The third-order valence-corrected chi connectivity index (χ3v) is 5.66. The molecule has 3 aromatic rings. The lowest BCUT2D eigenvalue weighted by molar-refractivity contribution is -0.137. The Labute approximate surface area is 180 Å². The fourth-order valence-corrected chi connectivity index (χ4v) is 4.37. The molecule has 0 saturated carbocycles. The van der Waals surface area contributed by atoms with E-state index in [2.05, 4.69) is 4.98 Å². The minimum atomic E-state index is -4.83. The molecule has 1 heterocycles. The highest BCUT2D eigenvalue weighted by molar-refractivity contribution is 7.90. The molecule has 0 fully saturated rings. The van der Waals surface area contributed by atoms with Crippen molar-refractivity contribution in [1.82, 2.24) is 9.55 Å². The molecule has 0 amide bonds. The highest BCUT2D eigenvalue weighted by atomic mass is 32.2. The topological polar surface area (TPSA) is 90.4 Å². The van der Waals surface area contributed by atoms with E-state index in [4.69, 9.17) is 9.47 Å². The molecule has 0 aliphatic heterocycles. The van der Waals surface area contributed by atoms with Crippen molar-refractivity contribution in [2.24, 2.45) is 0 Å². The summed E-state index contributed by atoms with van der Waals surface area (Å²) in [6, 6.07) is 4.04. The van der Waals surface area contributed by atoms with Gasteiger partial charge in [0.25, 0.3) is 0 Å². The number of rotatable bonds is 7. The molecule has 7 nitrogen and oxygen atoms in total. The summed E-state index contributed by atoms with van der Waals surface area (Å²) in [5, 5.41) is 0. The van der Waals surface area contributed by atoms with Gasteiger partial charge in [-0.3, -0.25) is 4.57 Å². The first kappa shape index (κ1) is 23.6. The van der Waals surface area contributed by atoms with Crippen LogP contribution in [0.4, 0.5) is 17.6 Å². The summed E-state index contributed by atoms with van der Waals surface area (Å²) >= 11 is 0. The molecular weight excluding hydrogens is 456 g/mol. The number of benzene rings is 2. The van der Waals surface area contributed by atoms with Gasteiger partial charge in [-0.1, -0.05) is 6.07 Å². The molecule has 12 heteroatoms. The fourth-order valence-electron chi connectivity index (χ4n) is 3.45. The van der Waals surface area contributed by atoms with Crippen molar-refractivity contribution in [1.29, 1.82) is 0 Å². The van der Waals surface area contributed by atoms with Gasteiger partial charge >= 0.3 is 11.9 Å². The van der Waals surface area contributed by atoms with Crippen molar-refractivity contribution in [3.05, 3.63) is 57.8 Å². The summed E-state index contributed by atoms with van der Waals surface area (Å²) in [6.07, 6.45) is -3.90. The molecule has 0 aliphatic rings. The van der Waals surface area contributed by atoms with Crippen LogP contribution in [0.3, 0.4) is 0 Å². The van der Waals surface area contributed by atoms with Crippen LogP contribution in [0.25, 0.3) is 11.0 Å². The fraction of sp³-hybridized carbons (Fsp3) is 0.350. The monoisotopic (exact) mass is 476 g/mol. The number of sulfone groups is 1. The van der Waals surface area contributed by atoms with Crippen LogP contribution in [0.1, 0.15) is 24.1 Å². The van der Waals surface area contributed by atoms with E-state index >= 15 is 0 Å². The number of imidazole rings is 1. The standard InChI is InChI=1S/C20H20F4N2O5S/c1-4-31-17-7-11(5-6-16(17)30-2)15(10-32(3,28)29)26-18-13(21)8-12(20(22,23)24)9-14(18)25-19(26)27/h5-9,15H,4,10H2,1-3H3,(H,25,27)/t15-/m0/s1. The van der Waals surface area contributed by atoms with E-state index < -0.39 is 55.9 Å². The van der Waals surface area contributed by atoms with E-state index in [1.165, 1.54) is 25.3 Å². The minimum Gasteiger partial charge on any atom is -0.493 e. The van der Waals surface area contributed by atoms with Gasteiger partial charge in [-0.15, -0.1) is 0 Å². The Kier molecular flexibility index (Phi) is 6.27. The average Bonchev–Trinajstić information content (AvgIpc) is 3.01. The number of fused-ring (bicyclic) bond motifs is 1. The molecule has 3 rings (SSSR count). The normalized spacial score (nSPS) is 13.3. The van der Waals surface area contributed by atoms with Crippen LogP contribution in [0.15, 0.2) is 35.1 Å². The maximum absolute atomic E-state index is 14.8. The Hall–Kier alpha value is -3.02. The maximum Gasteiger partial charge on any atom is 0.416 e. The predicted octanol–water partition coefficient (Wildman–Crippen LogP) is 3.53. The first-order valence-electron chi connectivity index (χ1n) is 9.35.